The first-order valence-electron chi connectivity index (χ1n) is 5.47. The summed E-state index contributed by atoms with van der Waals surface area (Å²) in [4.78, 5) is 13.9. The molecule has 0 saturated heterocycles. The fraction of sp³-hybridized carbons (Fsp3) is 0.727. The lowest BCUT2D eigenvalue weighted by molar-refractivity contribution is -0.232. The highest BCUT2D eigenvalue weighted by Crippen LogP contribution is 2.08. The van der Waals surface area contributed by atoms with Crippen LogP contribution in [0.2, 0.25) is 0 Å². The molecule has 0 bridgehead atoms. The van der Waals surface area contributed by atoms with Gasteiger partial charge in [0.05, 0.1) is 0 Å². The maximum atomic E-state index is 10.5. The molecule has 0 rings (SSSR count). The number of hydrogen-bond donors (Lipinski definition) is 2. The van der Waals surface area contributed by atoms with Crippen molar-refractivity contribution in [3.8, 4) is 0 Å². The van der Waals surface area contributed by atoms with E-state index in [0.717, 1.165) is 12.8 Å². The molecule has 0 fully saturated rings. The fourth-order valence-electron chi connectivity index (χ4n) is 1.29. The van der Waals surface area contributed by atoms with Gasteiger partial charge in [-0.1, -0.05) is 39.0 Å². The molecule has 4 nitrogen and oxygen atoms in total. The van der Waals surface area contributed by atoms with Crippen LogP contribution >= 0.6 is 0 Å². The second-order valence-electron chi connectivity index (χ2n) is 3.52. The molecule has 0 aromatic carbocycles. The number of carbonyl (C=O) groups is 1. The second-order valence-corrected chi connectivity index (χ2v) is 3.52. The molecule has 0 heterocycles. The smallest absolute Gasteiger partial charge is 0.406 e. The Balaban J connectivity index is 3.40. The lowest BCUT2D eigenvalue weighted by Crippen LogP contribution is -2.03. The summed E-state index contributed by atoms with van der Waals surface area (Å²) in [7, 11) is 0. The molecule has 0 saturated carbocycles. The quantitative estimate of drug-likeness (QED) is 0.215. The molecule has 4 heteroatoms. The second kappa shape index (κ2) is 9.52. The molecule has 0 spiro atoms. The predicted octanol–water partition coefficient (Wildman–Crippen LogP) is 3.20. The van der Waals surface area contributed by atoms with E-state index in [4.69, 9.17) is 10.4 Å². The molecule has 0 amide bonds. The van der Waals surface area contributed by atoms with Crippen LogP contribution in [0.5, 0.6) is 0 Å². The van der Waals surface area contributed by atoms with E-state index < -0.39 is 11.7 Å². The minimum absolute atomic E-state index is 0.522. The number of allylic oxidation sites excluding steroid dienone is 1. The lowest BCUT2D eigenvalue weighted by atomic mass is 10.1. The average Bonchev–Trinajstić information content (AvgIpc) is 2.26. The molecule has 0 radical (unpaired) electrons. The van der Waals surface area contributed by atoms with Crippen LogP contribution < -0.4 is 0 Å². The van der Waals surface area contributed by atoms with Crippen molar-refractivity contribution in [1.82, 2.24) is 0 Å². The Morgan fingerprint density at radius 3 is 2.40 bits per heavy atom. The topological polar surface area (TPSA) is 66.8 Å². The highest BCUT2D eigenvalue weighted by molar-refractivity contribution is 5.84. The number of carbonyl (C=O) groups excluding carboxylic acids is 1. The summed E-state index contributed by atoms with van der Waals surface area (Å²) < 4.78 is 0. The summed E-state index contributed by atoms with van der Waals surface area (Å²) in [5.74, 6) is -1.62. The van der Waals surface area contributed by atoms with Crippen LogP contribution in [0.25, 0.3) is 0 Å². The van der Waals surface area contributed by atoms with Crippen molar-refractivity contribution in [3.63, 3.8) is 0 Å². The van der Waals surface area contributed by atoms with Crippen molar-refractivity contribution in [3.05, 3.63) is 11.8 Å². The molecule has 0 aliphatic heterocycles. The highest BCUT2D eigenvalue weighted by atomic mass is 17.1. The van der Waals surface area contributed by atoms with Gasteiger partial charge in [-0.2, -0.15) is 5.26 Å². The Morgan fingerprint density at radius 2 is 1.80 bits per heavy atom. The van der Waals surface area contributed by atoms with Gasteiger partial charge in [0.2, 0.25) is 5.76 Å². The maximum Gasteiger partial charge on any atom is 0.406 e. The number of aliphatic hydroxyl groups excluding tert-OH is 1. The Hall–Kier alpha value is -1.03. The molecular weight excluding hydrogens is 196 g/mol. The zero-order valence-corrected chi connectivity index (χ0v) is 9.24. The molecule has 0 aromatic heterocycles. The summed E-state index contributed by atoms with van der Waals surface area (Å²) in [5.41, 5.74) is 0. The molecule has 0 aliphatic rings. The molecule has 0 aromatic rings. The van der Waals surface area contributed by atoms with Crippen LogP contribution in [0, 0.1) is 0 Å². The average molecular weight is 216 g/mol. The van der Waals surface area contributed by atoms with Crippen molar-refractivity contribution in [1.29, 1.82) is 0 Å². The van der Waals surface area contributed by atoms with Crippen LogP contribution in [-0.4, -0.2) is 16.3 Å². The van der Waals surface area contributed by atoms with Gasteiger partial charge in [-0.05, 0) is 18.9 Å². The van der Waals surface area contributed by atoms with E-state index in [1.165, 1.54) is 31.8 Å². The Kier molecular flexibility index (Phi) is 8.87. The number of hydrogen-bond acceptors (Lipinski definition) is 4. The van der Waals surface area contributed by atoms with Gasteiger partial charge >= 0.3 is 5.97 Å². The van der Waals surface area contributed by atoms with Crippen LogP contribution in [-0.2, 0) is 9.68 Å². The third kappa shape index (κ3) is 8.00. The van der Waals surface area contributed by atoms with E-state index in [9.17, 15) is 4.79 Å². The first kappa shape index (κ1) is 14.0. The lowest BCUT2D eigenvalue weighted by Gasteiger charge is -1.98. The van der Waals surface area contributed by atoms with Gasteiger partial charge < -0.3 is 5.11 Å². The third-order valence-corrected chi connectivity index (χ3v) is 2.19. The summed E-state index contributed by atoms with van der Waals surface area (Å²) in [6, 6.07) is 0. The van der Waals surface area contributed by atoms with E-state index in [0.29, 0.717) is 6.42 Å². The van der Waals surface area contributed by atoms with Gasteiger partial charge in [0.25, 0.3) is 0 Å². The Labute approximate surface area is 90.5 Å². The van der Waals surface area contributed by atoms with Crippen molar-refractivity contribution < 1.29 is 20.0 Å². The maximum absolute atomic E-state index is 10.5. The van der Waals surface area contributed by atoms with Crippen LogP contribution in [0.3, 0.4) is 0 Å². The van der Waals surface area contributed by atoms with Crippen LogP contribution in [0.15, 0.2) is 11.8 Å². The van der Waals surface area contributed by atoms with E-state index >= 15 is 0 Å². The van der Waals surface area contributed by atoms with Gasteiger partial charge in [0.15, 0.2) is 0 Å². The summed E-state index contributed by atoms with van der Waals surface area (Å²) in [6.45, 7) is 2.17. The minimum atomic E-state index is -1.10. The van der Waals surface area contributed by atoms with E-state index in [2.05, 4.69) is 11.8 Å². The van der Waals surface area contributed by atoms with Crippen molar-refractivity contribution in [2.24, 2.45) is 0 Å². The van der Waals surface area contributed by atoms with Gasteiger partial charge in [0, 0.05) is 0 Å². The number of aliphatic hydroxyl groups is 1. The van der Waals surface area contributed by atoms with E-state index in [1.54, 1.807) is 0 Å². The monoisotopic (exact) mass is 216 g/mol. The van der Waals surface area contributed by atoms with Gasteiger partial charge in [0.1, 0.15) is 0 Å². The number of unbranched alkanes of at least 4 members (excludes halogenated alkanes) is 6. The van der Waals surface area contributed by atoms with Gasteiger partial charge in [-0.15, -0.1) is 0 Å². The molecule has 15 heavy (non-hydrogen) atoms. The van der Waals surface area contributed by atoms with Crippen molar-refractivity contribution >= 4 is 5.97 Å². The highest BCUT2D eigenvalue weighted by Gasteiger charge is 2.06. The fourth-order valence-corrected chi connectivity index (χ4v) is 1.29. The standard InChI is InChI=1S/C11H20O4/c1-2-3-4-5-6-7-8-9-10(12)11(13)15-14/h9,12,14H,2-8H2,1H3. The molecule has 0 unspecified atom stereocenters. The third-order valence-electron chi connectivity index (χ3n) is 2.19. The molecule has 2 N–H and O–H groups in total. The van der Waals surface area contributed by atoms with Crippen LogP contribution in [0.4, 0.5) is 0 Å². The van der Waals surface area contributed by atoms with Crippen molar-refractivity contribution in [2.45, 2.75) is 51.9 Å². The largest absolute Gasteiger partial charge is 0.502 e. The number of rotatable bonds is 8. The zero-order chi connectivity index (χ0) is 11.5. The summed E-state index contributed by atoms with van der Waals surface area (Å²) in [5, 5.41) is 16.9. The first-order valence-corrected chi connectivity index (χ1v) is 5.47. The molecule has 0 aliphatic carbocycles. The Morgan fingerprint density at radius 1 is 1.20 bits per heavy atom. The van der Waals surface area contributed by atoms with Crippen molar-refractivity contribution in [2.75, 3.05) is 0 Å². The molecule has 0 atom stereocenters. The van der Waals surface area contributed by atoms with Gasteiger partial charge in [-0.25, -0.2) is 4.79 Å². The Bertz CT molecular complexity index is 199. The van der Waals surface area contributed by atoms with E-state index in [1.807, 2.05) is 0 Å². The zero-order valence-electron chi connectivity index (χ0n) is 9.24. The SMILES string of the molecule is CCCCCCCCC=C(O)C(=O)OO. The predicted molar refractivity (Wildman–Crippen MR) is 57.4 cm³/mol. The summed E-state index contributed by atoms with van der Waals surface area (Å²) >= 11 is 0. The molecular formula is C11H20O4. The summed E-state index contributed by atoms with van der Waals surface area (Å²) in [6.07, 6.45) is 8.95. The molecule has 88 valence electrons. The minimum Gasteiger partial charge on any atom is -0.502 e. The van der Waals surface area contributed by atoms with Gasteiger partial charge in [-0.3, -0.25) is 4.89 Å². The normalized spacial score (nSPS) is 11.5. The first-order chi connectivity index (χ1) is 7.22. The van der Waals surface area contributed by atoms with E-state index in [-0.39, 0.29) is 0 Å². The van der Waals surface area contributed by atoms with Crippen LogP contribution in [0.1, 0.15) is 51.9 Å².